The maximum Gasteiger partial charge on any atom is -0.0180 e. The Hall–Kier alpha value is 0.430. The molecule has 4 aliphatic rings. The normalized spacial score (nSPS) is 40.6. The molecule has 4 rings (SSSR count). The molecule has 0 aromatic carbocycles. The summed E-state index contributed by atoms with van der Waals surface area (Å²) < 4.78 is 0. The van der Waals surface area contributed by atoms with Crippen molar-refractivity contribution in [3.8, 4) is 0 Å². The lowest BCUT2D eigenvalue weighted by atomic mass is 9.56. The zero-order valence-corrected chi connectivity index (χ0v) is 13.9. The highest BCUT2D eigenvalue weighted by Crippen LogP contribution is 2.58. The Morgan fingerprint density at radius 1 is 0.737 bits per heavy atom. The summed E-state index contributed by atoms with van der Waals surface area (Å²) in [7, 11) is 1.32. The highest BCUT2D eigenvalue weighted by atomic mass is 31.1. The van der Waals surface area contributed by atoms with Crippen LogP contribution in [0.3, 0.4) is 0 Å². The summed E-state index contributed by atoms with van der Waals surface area (Å²) in [4.78, 5) is 0. The summed E-state index contributed by atoms with van der Waals surface area (Å²) in [6.07, 6.45) is 18.6. The smallest absolute Gasteiger partial charge is 0.0180 e. The van der Waals surface area contributed by atoms with Crippen LogP contribution in [0.2, 0.25) is 0 Å². The summed E-state index contributed by atoms with van der Waals surface area (Å²) in [6.45, 7) is 2.31. The van der Waals surface area contributed by atoms with Crippen molar-refractivity contribution < 1.29 is 0 Å². The van der Waals surface area contributed by atoms with Crippen molar-refractivity contribution in [3.63, 3.8) is 0 Å². The van der Waals surface area contributed by atoms with Crippen molar-refractivity contribution in [1.29, 1.82) is 0 Å². The lowest BCUT2D eigenvalue weighted by Crippen LogP contribution is -2.46. The molecule has 0 nitrogen and oxygen atoms in total. The van der Waals surface area contributed by atoms with Crippen molar-refractivity contribution >= 4 is 8.58 Å². The quantitative estimate of drug-likeness (QED) is 0.386. The fraction of sp³-hybridized carbons (Fsp3) is 1.00. The molecule has 0 saturated heterocycles. The van der Waals surface area contributed by atoms with E-state index in [0.29, 0.717) is 0 Å². The van der Waals surface area contributed by atoms with E-state index in [1.54, 1.807) is 38.3 Å². The Morgan fingerprint density at radius 3 is 1.95 bits per heavy atom. The largest absolute Gasteiger partial charge is 0.118 e. The molecule has 4 fully saturated rings. The summed E-state index contributed by atoms with van der Waals surface area (Å²) in [5.41, 5.74) is 1.18. The maximum atomic E-state index is 2.31. The van der Waals surface area contributed by atoms with Gasteiger partial charge in [0.2, 0.25) is 0 Å². The van der Waals surface area contributed by atoms with Gasteiger partial charge < -0.3 is 0 Å². The summed E-state index contributed by atoms with van der Waals surface area (Å²) in [5, 5.41) is 0. The maximum absolute atomic E-state index is 2.31. The Morgan fingerprint density at radius 2 is 1.32 bits per heavy atom. The van der Waals surface area contributed by atoms with E-state index in [-0.39, 0.29) is 0 Å². The molecular formula is C18H33P. The molecule has 4 saturated carbocycles. The lowest BCUT2D eigenvalue weighted by Gasteiger charge is -2.54. The van der Waals surface area contributed by atoms with Gasteiger partial charge in [-0.25, -0.2) is 0 Å². The molecule has 0 N–H and O–H groups in total. The van der Waals surface area contributed by atoms with Crippen LogP contribution in [-0.4, -0.2) is 11.8 Å². The number of unbranched alkanes of at least 4 members (excludes halogenated alkanes) is 5. The van der Waals surface area contributed by atoms with Gasteiger partial charge in [-0.15, -0.1) is 8.58 Å². The van der Waals surface area contributed by atoms with Crippen LogP contribution in [0.4, 0.5) is 0 Å². The van der Waals surface area contributed by atoms with Gasteiger partial charge in [0, 0.05) is 0 Å². The molecule has 1 heteroatoms. The minimum Gasteiger partial charge on any atom is -0.118 e. The number of hydrogen-bond acceptors (Lipinski definition) is 0. The van der Waals surface area contributed by atoms with E-state index >= 15 is 0 Å². The van der Waals surface area contributed by atoms with E-state index in [9.17, 15) is 0 Å². The molecular weight excluding hydrogens is 247 g/mol. The zero-order chi connectivity index (χ0) is 13.1. The van der Waals surface area contributed by atoms with Gasteiger partial charge in [0.05, 0.1) is 0 Å². The molecule has 0 aliphatic heterocycles. The molecule has 19 heavy (non-hydrogen) atoms. The summed E-state index contributed by atoms with van der Waals surface area (Å²) in [6, 6.07) is 0. The van der Waals surface area contributed by atoms with Gasteiger partial charge in [-0.1, -0.05) is 39.0 Å². The molecule has 0 spiro atoms. The van der Waals surface area contributed by atoms with Gasteiger partial charge in [-0.05, 0) is 74.0 Å². The molecule has 110 valence electrons. The van der Waals surface area contributed by atoms with Crippen molar-refractivity contribution in [2.75, 3.05) is 6.16 Å². The van der Waals surface area contributed by atoms with Crippen molar-refractivity contribution in [3.05, 3.63) is 0 Å². The summed E-state index contributed by atoms with van der Waals surface area (Å²) in [5.74, 6) is 4.68. The monoisotopic (exact) mass is 280 g/mol. The van der Waals surface area contributed by atoms with Gasteiger partial charge >= 0.3 is 0 Å². The topological polar surface area (TPSA) is 0 Å². The molecule has 1 unspecified atom stereocenters. The fourth-order valence-electron chi connectivity index (χ4n) is 5.43. The second kappa shape index (κ2) is 6.93. The molecule has 0 aromatic rings. The summed E-state index contributed by atoms with van der Waals surface area (Å²) >= 11 is 0. The second-order valence-corrected chi connectivity index (χ2v) is 9.25. The van der Waals surface area contributed by atoms with Crippen LogP contribution in [0.5, 0.6) is 0 Å². The predicted octanol–water partition coefficient (Wildman–Crippen LogP) is 5.85. The van der Waals surface area contributed by atoms with Gasteiger partial charge in [0.25, 0.3) is 0 Å². The Balaban J connectivity index is 1.32. The minimum atomic E-state index is 1.16. The highest BCUT2D eigenvalue weighted by molar-refractivity contribution is 7.38. The first-order chi connectivity index (χ1) is 9.36. The average Bonchev–Trinajstić information content (AvgIpc) is 2.39. The molecule has 4 aliphatic carbocycles. The first-order valence-electron chi connectivity index (χ1n) is 9.10. The van der Waals surface area contributed by atoms with Gasteiger partial charge in [0.15, 0.2) is 0 Å². The molecule has 4 bridgehead atoms. The molecule has 1 atom stereocenters. The molecule has 0 aromatic heterocycles. The molecule has 0 amide bonds. The van der Waals surface area contributed by atoms with E-state index in [1.807, 2.05) is 0 Å². The molecule has 0 radical (unpaired) electrons. The number of rotatable bonds is 8. The van der Waals surface area contributed by atoms with Crippen LogP contribution < -0.4 is 0 Å². The fourth-order valence-corrected chi connectivity index (χ4v) is 7.43. The standard InChI is InChI=1S/C18H33P/c1-2-3-4-5-6-7-8-19-18-16-10-14-9-15(12-16)13-17(18)11-14/h14-19H,2-13H2,1H3. The van der Waals surface area contributed by atoms with E-state index in [4.69, 9.17) is 0 Å². The Labute approximate surface area is 122 Å². The van der Waals surface area contributed by atoms with Crippen molar-refractivity contribution in [2.45, 2.75) is 83.2 Å². The van der Waals surface area contributed by atoms with Gasteiger partial charge in [-0.2, -0.15) is 0 Å². The zero-order valence-electron chi connectivity index (χ0n) is 12.9. The highest BCUT2D eigenvalue weighted by Gasteiger charge is 2.47. The Kier molecular flexibility index (Phi) is 5.24. The van der Waals surface area contributed by atoms with Crippen LogP contribution in [0, 0.1) is 23.7 Å². The predicted molar refractivity (Wildman–Crippen MR) is 87.4 cm³/mol. The number of hydrogen-bond donors (Lipinski definition) is 0. The third kappa shape index (κ3) is 3.55. The van der Waals surface area contributed by atoms with Crippen LogP contribution in [0.15, 0.2) is 0 Å². The van der Waals surface area contributed by atoms with E-state index in [2.05, 4.69) is 6.92 Å². The third-order valence-electron chi connectivity index (χ3n) is 6.14. The molecule has 0 heterocycles. The van der Waals surface area contributed by atoms with Gasteiger partial charge in [-0.3, -0.25) is 0 Å². The van der Waals surface area contributed by atoms with Crippen LogP contribution in [0.25, 0.3) is 0 Å². The Bertz CT molecular complexity index is 245. The third-order valence-corrected chi connectivity index (χ3v) is 8.19. The minimum absolute atomic E-state index is 1.16. The first kappa shape index (κ1) is 14.4. The first-order valence-corrected chi connectivity index (χ1v) is 10.4. The van der Waals surface area contributed by atoms with E-state index < -0.39 is 0 Å². The van der Waals surface area contributed by atoms with Crippen LogP contribution in [0.1, 0.15) is 77.6 Å². The second-order valence-electron chi connectivity index (χ2n) is 7.68. The average molecular weight is 280 g/mol. The van der Waals surface area contributed by atoms with Crippen molar-refractivity contribution in [1.82, 2.24) is 0 Å². The lowest BCUT2D eigenvalue weighted by molar-refractivity contribution is 0.0256. The SMILES string of the molecule is CCCCCCCCPC1C2CC3CC(C2)CC1C3. The van der Waals surface area contributed by atoms with Crippen LogP contribution in [-0.2, 0) is 0 Å². The van der Waals surface area contributed by atoms with Gasteiger partial charge in [0.1, 0.15) is 0 Å². The van der Waals surface area contributed by atoms with Crippen LogP contribution >= 0.6 is 8.58 Å². The van der Waals surface area contributed by atoms with E-state index in [1.165, 1.54) is 64.6 Å². The van der Waals surface area contributed by atoms with Crippen molar-refractivity contribution in [2.24, 2.45) is 23.7 Å². The van der Waals surface area contributed by atoms with E-state index in [0.717, 1.165) is 11.8 Å².